The fraction of sp³-hybridized carbons (Fsp3) is 0.333. The zero-order chi connectivity index (χ0) is 7.98. The molecule has 0 saturated carbocycles. The lowest BCUT2D eigenvalue weighted by molar-refractivity contribution is -0.133. The van der Waals surface area contributed by atoms with Crippen molar-refractivity contribution in [1.82, 2.24) is 5.32 Å². The zero-order valence-corrected chi connectivity index (χ0v) is 5.63. The van der Waals surface area contributed by atoms with Crippen LogP contribution < -0.4 is 5.32 Å². The molecule has 0 aromatic heterocycles. The molecule has 0 atom stereocenters. The normalized spacial score (nSPS) is 10.7. The van der Waals surface area contributed by atoms with Crippen molar-refractivity contribution in [2.45, 2.75) is 6.42 Å². The number of carboxylic acids is 1. The lowest BCUT2D eigenvalue weighted by Gasteiger charge is -1.96. The molecule has 0 rings (SSSR count). The first-order valence-corrected chi connectivity index (χ1v) is 2.77. The highest BCUT2D eigenvalue weighted by molar-refractivity contribution is 5.86. The van der Waals surface area contributed by atoms with Gasteiger partial charge in [0, 0.05) is 13.5 Å². The van der Waals surface area contributed by atoms with Crippen molar-refractivity contribution >= 4 is 12.3 Å². The Hall–Kier alpha value is -1.32. The smallest absolute Gasteiger partial charge is 0.351 e. The number of carbonyl (C=O) groups is 2. The van der Waals surface area contributed by atoms with Crippen molar-refractivity contribution in [1.29, 1.82) is 0 Å². The van der Waals surface area contributed by atoms with E-state index in [4.69, 9.17) is 5.11 Å². The maximum atomic E-state index is 10.2. The number of aldehydes is 1. The number of hydrogen-bond acceptors (Lipinski definition) is 3. The van der Waals surface area contributed by atoms with Gasteiger partial charge < -0.3 is 15.2 Å². The first-order valence-electron chi connectivity index (χ1n) is 2.77. The Labute approximate surface area is 58.5 Å². The van der Waals surface area contributed by atoms with Gasteiger partial charge in [-0.3, -0.25) is 0 Å². The maximum Gasteiger partial charge on any atom is 0.351 e. The largest absolute Gasteiger partial charge is 0.477 e. The fourth-order valence-electron chi connectivity index (χ4n) is 0.462. The summed E-state index contributed by atoms with van der Waals surface area (Å²) in [6, 6.07) is 0. The average Bonchev–Trinajstić information content (AvgIpc) is 1.89. The minimum Gasteiger partial charge on any atom is -0.477 e. The molecule has 0 aliphatic heterocycles. The van der Waals surface area contributed by atoms with Crippen LogP contribution in [-0.4, -0.2) is 24.4 Å². The summed E-state index contributed by atoms with van der Waals surface area (Å²) in [7, 11) is 1.49. The number of likely N-dealkylation sites (N-methyl/N-ethyl adjacent to an activating group) is 1. The molecule has 0 amide bonds. The van der Waals surface area contributed by atoms with Crippen molar-refractivity contribution in [2.24, 2.45) is 0 Å². The van der Waals surface area contributed by atoms with Gasteiger partial charge in [-0.2, -0.15) is 0 Å². The summed E-state index contributed by atoms with van der Waals surface area (Å²) in [5.74, 6) is -1.05. The van der Waals surface area contributed by atoms with Crippen LogP contribution in [0.5, 0.6) is 0 Å². The highest BCUT2D eigenvalue weighted by atomic mass is 16.4. The molecule has 0 unspecified atom stereocenters. The molecule has 2 N–H and O–H groups in total. The Morgan fingerprint density at radius 2 is 2.30 bits per heavy atom. The Morgan fingerprint density at radius 1 is 1.70 bits per heavy atom. The Balaban J connectivity index is 4.03. The monoisotopic (exact) mass is 143 g/mol. The number of allylic oxidation sites excluding steroid dienone is 1. The van der Waals surface area contributed by atoms with Crippen LogP contribution in [0.15, 0.2) is 11.8 Å². The molecule has 0 fully saturated rings. The average molecular weight is 143 g/mol. The Morgan fingerprint density at radius 3 is 2.60 bits per heavy atom. The van der Waals surface area contributed by atoms with E-state index in [1.54, 1.807) is 0 Å². The van der Waals surface area contributed by atoms with Gasteiger partial charge in [-0.15, -0.1) is 0 Å². The minimum absolute atomic E-state index is 0.0482. The quantitative estimate of drug-likeness (QED) is 0.421. The second kappa shape index (κ2) is 4.55. The van der Waals surface area contributed by atoms with Crippen LogP contribution in [0.1, 0.15) is 6.42 Å². The van der Waals surface area contributed by atoms with Gasteiger partial charge in [0.2, 0.25) is 0 Å². The third-order valence-corrected chi connectivity index (χ3v) is 0.918. The predicted molar refractivity (Wildman–Crippen MR) is 35.5 cm³/mol. The van der Waals surface area contributed by atoms with Gasteiger partial charge >= 0.3 is 5.97 Å². The van der Waals surface area contributed by atoms with Gasteiger partial charge in [0.1, 0.15) is 12.0 Å². The summed E-state index contributed by atoms with van der Waals surface area (Å²) >= 11 is 0. The fourth-order valence-corrected chi connectivity index (χ4v) is 0.462. The first-order chi connectivity index (χ1) is 4.72. The number of carboxylic acid groups (broad SMARTS) is 1. The maximum absolute atomic E-state index is 10.2. The van der Waals surface area contributed by atoms with E-state index in [0.717, 1.165) is 0 Å². The van der Waals surface area contributed by atoms with Gasteiger partial charge in [-0.1, -0.05) is 0 Å². The lowest BCUT2D eigenvalue weighted by Crippen LogP contribution is -2.15. The summed E-state index contributed by atoms with van der Waals surface area (Å²) in [4.78, 5) is 20.0. The van der Waals surface area contributed by atoms with Crippen molar-refractivity contribution in [2.75, 3.05) is 7.05 Å². The lowest BCUT2D eigenvalue weighted by atomic mass is 10.3. The second-order valence-corrected chi connectivity index (χ2v) is 1.58. The highest BCUT2D eigenvalue weighted by Crippen LogP contribution is 1.88. The molecule has 0 spiro atoms. The zero-order valence-electron chi connectivity index (χ0n) is 5.63. The van der Waals surface area contributed by atoms with Crippen molar-refractivity contribution in [3.8, 4) is 0 Å². The molecule has 56 valence electrons. The van der Waals surface area contributed by atoms with E-state index in [2.05, 4.69) is 5.32 Å². The number of aliphatic carboxylic acids is 1. The second-order valence-electron chi connectivity index (χ2n) is 1.58. The van der Waals surface area contributed by atoms with E-state index >= 15 is 0 Å². The van der Waals surface area contributed by atoms with Gasteiger partial charge in [-0.05, 0) is 6.08 Å². The summed E-state index contributed by atoms with van der Waals surface area (Å²) in [5, 5.41) is 10.8. The molecule has 0 saturated heterocycles. The van der Waals surface area contributed by atoms with Crippen LogP contribution in [0.2, 0.25) is 0 Å². The van der Waals surface area contributed by atoms with Crippen molar-refractivity contribution < 1.29 is 14.7 Å². The number of carbonyl (C=O) groups excluding carboxylic acids is 1. The van der Waals surface area contributed by atoms with E-state index in [0.29, 0.717) is 6.29 Å². The first kappa shape index (κ1) is 8.68. The van der Waals surface area contributed by atoms with Crippen LogP contribution in [0.25, 0.3) is 0 Å². The molecule has 0 aliphatic carbocycles. The third kappa shape index (κ3) is 2.86. The minimum atomic E-state index is -1.05. The van der Waals surface area contributed by atoms with Gasteiger partial charge in [0.15, 0.2) is 0 Å². The summed E-state index contributed by atoms with van der Waals surface area (Å²) in [6.07, 6.45) is 2.08. The SMILES string of the molecule is CNC(=CCC=O)C(=O)O. The van der Waals surface area contributed by atoms with E-state index in [1.807, 2.05) is 0 Å². The Bertz CT molecular complexity index is 162. The summed E-state index contributed by atoms with van der Waals surface area (Å²) in [6.45, 7) is 0. The molecule has 0 bridgehead atoms. The number of hydrogen-bond donors (Lipinski definition) is 2. The molecule has 4 nitrogen and oxygen atoms in total. The predicted octanol–water partition coefficient (Wildman–Crippen LogP) is -0.237. The van der Waals surface area contributed by atoms with Gasteiger partial charge in [-0.25, -0.2) is 4.79 Å². The van der Waals surface area contributed by atoms with Crippen molar-refractivity contribution in [3.05, 3.63) is 11.8 Å². The van der Waals surface area contributed by atoms with Crippen LogP contribution >= 0.6 is 0 Å². The highest BCUT2D eigenvalue weighted by Gasteiger charge is 2.01. The third-order valence-electron chi connectivity index (χ3n) is 0.918. The molecular weight excluding hydrogens is 134 g/mol. The van der Waals surface area contributed by atoms with E-state index in [1.165, 1.54) is 13.1 Å². The standard InChI is InChI=1S/C6H9NO3/c1-7-5(6(9)10)3-2-4-8/h3-4,7H,2H2,1H3,(H,9,10). The van der Waals surface area contributed by atoms with Crippen molar-refractivity contribution in [3.63, 3.8) is 0 Å². The molecule has 0 aromatic carbocycles. The molecule has 0 heterocycles. The van der Waals surface area contributed by atoms with E-state index < -0.39 is 5.97 Å². The summed E-state index contributed by atoms with van der Waals surface area (Å²) in [5.41, 5.74) is 0.0482. The van der Waals surface area contributed by atoms with Gasteiger partial charge in [0.25, 0.3) is 0 Å². The summed E-state index contributed by atoms with van der Waals surface area (Å²) < 4.78 is 0. The van der Waals surface area contributed by atoms with Crippen LogP contribution in [-0.2, 0) is 9.59 Å². The van der Waals surface area contributed by atoms with Crippen LogP contribution in [0.4, 0.5) is 0 Å². The van der Waals surface area contributed by atoms with Crippen LogP contribution in [0, 0.1) is 0 Å². The number of rotatable bonds is 4. The Kier molecular flexibility index (Phi) is 3.95. The topological polar surface area (TPSA) is 66.4 Å². The molecule has 0 aliphatic rings. The van der Waals surface area contributed by atoms with E-state index in [-0.39, 0.29) is 12.1 Å². The van der Waals surface area contributed by atoms with Gasteiger partial charge in [0.05, 0.1) is 0 Å². The molecule has 0 aromatic rings. The number of nitrogens with one attached hydrogen (secondary N) is 1. The molecular formula is C6H9NO3. The molecule has 0 radical (unpaired) electrons. The van der Waals surface area contributed by atoms with Crippen LogP contribution in [0.3, 0.4) is 0 Å². The molecule has 4 heteroatoms. The van der Waals surface area contributed by atoms with E-state index in [9.17, 15) is 9.59 Å². The molecule has 10 heavy (non-hydrogen) atoms.